The lowest BCUT2D eigenvalue weighted by Gasteiger charge is -2.22. The number of carbonyl (C=O) groups is 1. The van der Waals surface area contributed by atoms with Gasteiger partial charge in [-0.1, -0.05) is 13.8 Å². The third-order valence-electron chi connectivity index (χ3n) is 3.54. The van der Waals surface area contributed by atoms with Crippen molar-refractivity contribution in [3.05, 3.63) is 0 Å². The number of halogens is 1. The molecule has 0 aromatic rings. The van der Waals surface area contributed by atoms with Gasteiger partial charge in [-0.3, -0.25) is 4.79 Å². The van der Waals surface area contributed by atoms with Crippen LogP contribution in [0.4, 0.5) is 0 Å². The first-order valence-corrected chi connectivity index (χ1v) is 9.57. The zero-order valence-electron chi connectivity index (χ0n) is 13.9. The van der Waals surface area contributed by atoms with Crippen LogP contribution in [0.3, 0.4) is 0 Å². The van der Waals surface area contributed by atoms with Crippen LogP contribution in [-0.2, 0) is 19.6 Å². The smallest absolute Gasteiger partial charge is 0.236 e. The van der Waals surface area contributed by atoms with Crippen molar-refractivity contribution in [2.24, 2.45) is 11.7 Å². The first-order chi connectivity index (χ1) is 10.3. The van der Waals surface area contributed by atoms with E-state index in [1.54, 1.807) is 0 Å². The highest BCUT2D eigenvalue weighted by Crippen LogP contribution is 2.11. The summed E-state index contributed by atoms with van der Waals surface area (Å²) in [6.07, 6.45) is 3.51. The third-order valence-corrected chi connectivity index (χ3v) is 4.89. The Bertz CT molecular complexity index is 439. The van der Waals surface area contributed by atoms with E-state index in [0.717, 1.165) is 19.3 Å². The fourth-order valence-electron chi connectivity index (χ4n) is 2.32. The zero-order chi connectivity index (χ0) is 16.6. The van der Waals surface area contributed by atoms with Gasteiger partial charge in [-0.25, -0.2) is 13.1 Å². The highest BCUT2D eigenvalue weighted by atomic mass is 35.5. The maximum absolute atomic E-state index is 11.9. The Morgan fingerprint density at radius 3 is 2.61 bits per heavy atom. The quantitative estimate of drug-likeness (QED) is 0.543. The topological polar surface area (TPSA) is 111 Å². The summed E-state index contributed by atoms with van der Waals surface area (Å²) >= 11 is 0. The van der Waals surface area contributed by atoms with E-state index in [-0.39, 0.29) is 36.7 Å². The van der Waals surface area contributed by atoms with Gasteiger partial charge >= 0.3 is 0 Å². The molecule has 1 fully saturated rings. The number of sulfonamides is 1. The number of amides is 1. The van der Waals surface area contributed by atoms with E-state index < -0.39 is 16.1 Å². The number of hydrogen-bond acceptors (Lipinski definition) is 5. The molecule has 0 saturated carbocycles. The van der Waals surface area contributed by atoms with Crippen molar-refractivity contribution in [3.63, 3.8) is 0 Å². The van der Waals surface area contributed by atoms with Crippen molar-refractivity contribution in [3.8, 4) is 0 Å². The summed E-state index contributed by atoms with van der Waals surface area (Å²) in [6, 6.07) is -0.591. The molecule has 2 atom stereocenters. The van der Waals surface area contributed by atoms with Gasteiger partial charge in [0.05, 0.1) is 17.9 Å². The minimum Gasteiger partial charge on any atom is -0.377 e. The Kier molecular flexibility index (Phi) is 11.0. The molecule has 9 heteroatoms. The monoisotopic (exact) mass is 371 g/mol. The first-order valence-electron chi connectivity index (χ1n) is 7.92. The standard InChI is InChI=1S/C14H29N3O4S.ClH/c1-11(2)9-13(15)14(18)16-6-8-22(19,20)17-10-12-5-3-4-7-21-12;/h11-13,17H,3-10,15H2,1-2H3,(H,16,18);1H/t12?,13-;/m0./s1. The van der Waals surface area contributed by atoms with Crippen molar-refractivity contribution in [1.29, 1.82) is 0 Å². The van der Waals surface area contributed by atoms with Crippen molar-refractivity contribution < 1.29 is 17.9 Å². The van der Waals surface area contributed by atoms with Gasteiger partial charge in [0.2, 0.25) is 15.9 Å². The molecule has 23 heavy (non-hydrogen) atoms. The number of carbonyl (C=O) groups excluding carboxylic acids is 1. The fourth-order valence-corrected chi connectivity index (χ4v) is 3.27. The first kappa shape index (κ1) is 22.6. The predicted molar refractivity (Wildman–Crippen MR) is 93.1 cm³/mol. The van der Waals surface area contributed by atoms with Crippen LogP contribution in [0, 0.1) is 5.92 Å². The number of rotatable bonds is 9. The van der Waals surface area contributed by atoms with Gasteiger partial charge in [-0.05, 0) is 31.6 Å². The van der Waals surface area contributed by atoms with Gasteiger partial charge in [0.15, 0.2) is 0 Å². The lowest BCUT2D eigenvalue weighted by Crippen LogP contribution is -2.44. The molecule has 7 nitrogen and oxygen atoms in total. The van der Waals surface area contributed by atoms with Crippen molar-refractivity contribution in [2.75, 3.05) is 25.4 Å². The van der Waals surface area contributed by atoms with Gasteiger partial charge in [-0.2, -0.15) is 0 Å². The molecule has 0 aromatic heterocycles. The van der Waals surface area contributed by atoms with Gasteiger partial charge in [-0.15, -0.1) is 12.4 Å². The molecule has 1 aliphatic heterocycles. The van der Waals surface area contributed by atoms with Gasteiger partial charge < -0.3 is 15.8 Å². The number of hydrogen-bond donors (Lipinski definition) is 3. The Morgan fingerprint density at radius 2 is 2.04 bits per heavy atom. The summed E-state index contributed by atoms with van der Waals surface area (Å²) < 4.78 is 31.7. The van der Waals surface area contributed by atoms with Crippen LogP contribution in [0.25, 0.3) is 0 Å². The van der Waals surface area contributed by atoms with E-state index in [9.17, 15) is 13.2 Å². The lowest BCUT2D eigenvalue weighted by molar-refractivity contribution is -0.122. The second-order valence-corrected chi connectivity index (χ2v) is 8.11. The Balaban J connectivity index is 0.00000484. The van der Waals surface area contributed by atoms with E-state index in [1.165, 1.54) is 0 Å². The van der Waals surface area contributed by atoms with E-state index in [0.29, 0.717) is 25.5 Å². The Labute approximate surface area is 145 Å². The molecule has 1 aliphatic rings. The molecule has 1 saturated heterocycles. The third kappa shape index (κ3) is 10.1. The van der Waals surface area contributed by atoms with Crippen LogP contribution in [0.5, 0.6) is 0 Å². The molecule has 4 N–H and O–H groups in total. The van der Waals surface area contributed by atoms with Crippen molar-refractivity contribution in [1.82, 2.24) is 10.0 Å². The summed E-state index contributed by atoms with van der Waals surface area (Å²) in [5.41, 5.74) is 5.73. The molecular formula is C14H30ClN3O4S. The van der Waals surface area contributed by atoms with Gasteiger partial charge in [0.1, 0.15) is 0 Å². The summed E-state index contributed by atoms with van der Waals surface area (Å²) in [5.74, 6) is -0.138. The Morgan fingerprint density at radius 1 is 1.35 bits per heavy atom. The molecule has 138 valence electrons. The Hall–Kier alpha value is -0.410. The van der Waals surface area contributed by atoms with Crippen LogP contribution in [0.2, 0.25) is 0 Å². The molecule has 1 unspecified atom stereocenters. The van der Waals surface area contributed by atoms with Crippen molar-refractivity contribution >= 4 is 28.3 Å². The molecular weight excluding hydrogens is 342 g/mol. The van der Waals surface area contributed by atoms with E-state index in [1.807, 2.05) is 13.8 Å². The van der Waals surface area contributed by atoms with Gasteiger partial charge in [0.25, 0.3) is 0 Å². The lowest BCUT2D eigenvalue weighted by atomic mass is 10.0. The van der Waals surface area contributed by atoms with Gasteiger partial charge in [0, 0.05) is 19.7 Å². The SMILES string of the molecule is CC(C)C[C@H](N)C(=O)NCCS(=O)(=O)NCC1CCCCO1.Cl. The predicted octanol–water partition coefficient (Wildman–Crippen LogP) is 0.386. The van der Waals surface area contributed by atoms with Crippen LogP contribution in [-0.4, -0.2) is 51.9 Å². The molecule has 0 aromatic carbocycles. The summed E-state index contributed by atoms with van der Waals surface area (Å²) in [7, 11) is -3.41. The summed E-state index contributed by atoms with van der Waals surface area (Å²) in [4.78, 5) is 11.7. The molecule has 1 rings (SSSR count). The second-order valence-electron chi connectivity index (χ2n) is 6.18. The van der Waals surface area contributed by atoms with E-state index >= 15 is 0 Å². The molecule has 1 amide bonds. The normalized spacial score (nSPS) is 19.9. The van der Waals surface area contributed by atoms with Crippen LogP contribution in [0.1, 0.15) is 39.5 Å². The summed E-state index contributed by atoms with van der Waals surface area (Å²) in [6.45, 7) is 5.01. The molecule has 1 heterocycles. The van der Waals surface area contributed by atoms with Crippen LogP contribution in [0.15, 0.2) is 0 Å². The van der Waals surface area contributed by atoms with Crippen LogP contribution >= 0.6 is 12.4 Å². The molecule has 0 spiro atoms. The minimum atomic E-state index is -3.41. The highest BCUT2D eigenvalue weighted by Gasteiger charge is 2.19. The minimum absolute atomic E-state index is 0. The summed E-state index contributed by atoms with van der Waals surface area (Å²) in [5, 5.41) is 2.57. The van der Waals surface area contributed by atoms with Crippen molar-refractivity contribution in [2.45, 2.75) is 51.7 Å². The fraction of sp³-hybridized carbons (Fsp3) is 0.929. The van der Waals surface area contributed by atoms with E-state index in [2.05, 4.69) is 10.0 Å². The van der Waals surface area contributed by atoms with Crippen LogP contribution < -0.4 is 15.8 Å². The molecule has 0 radical (unpaired) electrons. The van der Waals surface area contributed by atoms with E-state index in [4.69, 9.17) is 10.5 Å². The average molecular weight is 372 g/mol. The number of ether oxygens (including phenoxy) is 1. The average Bonchev–Trinajstić information content (AvgIpc) is 2.45. The number of nitrogens with one attached hydrogen (secondary N) is 2. The maximum Gasteiger partial charge on any atom is 0.236 e. The molecule has 0 bridgehead atoms. The largest absolute Gasteiger partial charge is 0.377 e. The molecule has 0 aliphatic carbocycles. The zero-order valence-corrected chi connectivity index (χ0v) is 15.5. The number of nitrogens with two attached hydrogens (primary N) is 1. The highest BCUT2D eigenvalue weighted by molar-refractivity contribution is 7.89. The maximum atomic E-state index is 11.9. The second kappa shape index (κ2) is 11.2.